The predicted molar refractivity (Wildman–Crippen MR) is 90.4 cm³/mol. The highest BCUT2D eigenvalue weighted by Crippen LogP contribution is 2.16. The Hall–Kier alpha value is -2.44. The Morgan fingerprint density at radius 1 is 1.21 bits per heavy atom. The number of nitrogens with one attached hydrogen (secondary N) is 1. The lowest BCUT2D eigenvalue weighted by Crippen LogP contribution is -2.42. The van der Waals surface area contributed by atoms with Gasteiger partial charge < -0.3 is 10.1 Å². The second-order valence-corrected chi connectivity index (χ2v) is 5.45. The van der Waals surface area contributed by atoms with Crippen LogP contribution in [0, 0.1) is 0 Å². The minimum absolute atomic E-state index is 0.225. The van der Waals surface area contributed by atoms with E-state index < -0.39 is 23.3 Å². The molecule has 1 atom stereocenters. The maximum absolute atomic E-state index is 12.8. The monoisotopic (exact) mass is 348 g/mol. The lowest BCUT2D eigenvalue weighted by atomic mass is 10.0. The summed E-state index contributed by atoms with van der Waals surface area (Å²) < 4.78 is 5.92. The van der Waals surface area contributed by atoms with Crippen LogP contribution in [0.4, 0.5) is 0 Å². The number of hydrogen-bond acceptors (Lipinski definition) is 4. The second kappa shape index (κ2) is 8.42. The number of carbonyl (C=O) groups is 2. The summed E-state index contributed by atoms with van der Waals surface area (Å²) in [7, 11) is 1.50. The van der Waals surface area contributed by atoms with Crippen LogP contribution < -0.4 is 10.9 Å². The number of benzene rings is 1. The molecule has 1 amide bonds. The van der Waals surface area contributed by atoms with Crippen LogP contribution in [0.2, 0.25) is 5.02 Å². The van der Waals surface area contributed by atoms with Crippen LogP contribution >= 0.6 is 11.6 Å². The molecular formula is C17H17ClN2O4. The molecule has 24 heavy (non-hydrogen) atoms. The normalized spacial score (nSPS) is 11.8. The van der Waals surface area contributed by atoms with Gasteiger partial charge in [-0.15, -0.1) is 0 Å². The number of nitrogens with zero attached hydrogens (tertiary/aromatic N) is 1. The summed E-state index contributed by atoms with van der Waals surface area (Å²) in [5.74, 6) is -1.08. The van der Waals surface area contributed by atoms with Gasteiger partial charge in [-0.25, -0.2) is 0 Å². The number of rotatable bonds is 7. The molecule has 1 aromatic heterocycles. The topological polar surface area (TPSA) is 77.4 Å². The summed E-state index contributed by atoms with van der Waals surface area (Å²) >= 11 is 5.92. The van der Waals surface area contributed by atoms with Crippen molar-refractivity contribution in [3.05, 3.63) is 69.6 Å². The van der Waals surface area contributed by atoms with E-state index in [9.17, 15) is 14.4 Å². The number of amides is 1. The molecule has 0 aliphatic carbocycles. The van der Waals surface area contributed by atoms with Gasteiger partial charge in [0.25, 0.3) is 11.5 Å². The predicted octanol–water partition coefficient (Wildman–Crippen LogP) is 1.69. The first kappa shape index (κ1) is 17.9. The average Bonchev–Trinajstić information content (AvgIpc) is 2.59. The van der Waals surface area contributed by atoms with E-state index in [2.05, 4.69) is 5.32 Å². The quantitative estimate of drug-likeness (QED) is 0.469. The van der Waals surface area contributed by atoms with E-state index in [1.54, 1.807) is 30.3 Å². The Balaban J connectivity index is 2.41. The van der Waals surface area contributed by atoms with Crippen molar-refractivity contribution < 1.29 is 14.3 Å². The van der Waals surface area contributed by atoms with Gasteiger partial charge in [-0.3, -0.25) is 19.0 Å². The lowest BCUT2D eigenvalue weighted by molar-refractivity contribution is -0.123. The molecule has 2 rings (SSSR count). The molecule has 0 bridgehead atoms. The second-order valence-electron chi connectivity index (χ2n) is 5.01. The zero-order valence-electron chi connectivity index (χ0n) is 13.1. The van der Waals surface area contributed by atoms with Gasteiger partial charge in [0, 0.05) is 31.5 Å². The molecule has 7 heteroatoms. The maximum atomic E-state index is 12.8. The number of ketones is 1. The molecule has 0 radical (unpaired) electrons. The molecule has 1 heterocycles. The van der Waals surface area contributed by atoms with E-state index in [0.29, 0.717) is 12.2 Å². The third-order valence-corrected chi connectivity index (χ3v) is 3.56. The van der Waals surface area contributed by atoms with Crippen LogP contribution in [0.3, 0.4) is 0 Å². The molecule has 0 saturated carbocycles. The molecule has 126 valence electrons. The van der Waals surface area contributed by atoms with Crippen molar-refractivity contribution in [3.8, 4) is 0 Å². The van der Waals surface area contributed by atoms with Crippen LogP contribution in [0.25, 0.3) is 0 Å². The number of Topliss-reactive ketones (excluding diaryl/α,β-unsaturated/α-hetero) is 1. The molecule has 2 aromatic rings. The van der Waals surface area contributed by atoms with Crippen LogP contribution in [0.5, 0.6) is 0 Å². The number of ether oxygens (including phenoxy) is 1. The molecule has 0 saturated heterocycles. The minimum Gasteiger partial charge on any atom is -0.383 e. The average molecular weight is 349 g/mol. The molecule has 1 unspecified atom stereocenters. The maximum Gasteiger partial charge on any atom is 0.251 e. The third kappa shape index (κ3) is 4.31. The first-order valence-electron chi connectivity index (χ1n) is 7.28. The molecule has 1 aromatic carbocycles. The molecular weight excluding hydrogens is 332 g/mol. The summed E-state index contributed by atoms with van der Waals surface area (Å²) in [5.41, 5.74) is -0.160. The Morgan fingerprint density at radius 3 is 2.58 bits per heavy atom. The fourth-order valence-corrected chi connectivity index (χ4v) is 2.35. The van der Waals surface area contributed by atoms with Gasteiger partial charge in [-0.1, -0.05) is 41.9 Å². The number of hydrogen-bond donors (Lipinski definition) is 1. The Morgan fingerprint density at radius 2 is 1.92 bits per heavy atom. The summed E-state index contributed by atoms with van der Waals surface area (Å²) in [6.45, 7) is 0.519. The summed E-state index contributed by atoms with van der Waals surface area (Å²) in [6.07, 6.45) is 1.28. The summed E-state index contributed by atoms with van der Waals surface area (Å²) in [5, 5.41) is 2.85. The van der Waals surface area contributed by atoms with Gasteiger partial charge in [0.05, 0.1) is 11.6 Å². The van der Waals surface area contributed by atoms with Gasteiger partial charge in [0.15, 0.2) is 11.8 Å². The summed E-state index contributed by atoms with van der Waals surface area (Å²) in [4.78, 5) is 37.4. The van der Waals surface area contributed by atoms with Crippen molar-refractivity contribution in [3.63, 3.8) is 0 Å². The van der Waals surface area contributed by atoms with Gasteiger partial charge in [-0.2, -0.15) is 0 Å². The van der Waals surface area contributed by atoms with E-state index in [1.165, 1.54) is 25.4 Å². The lowest BCUT2D eigenvalue weighted by Gasteiger charge is -2.18. The zero-order chi connectivity index (χ0) is 17.5. The van der Waals surface area contributed by atoms with Gasteiger partial charge in [-0.05, 0) is 6.07 Å². The smallest absolute Gasteiger partial charge is 0.251 e. The molecule has 0 fully saturated rings. The number of halogens is 1. The van der Waals surface area contributed by atoms with Crippen molar-refractivity contribution in [2.75, 3.05) is 20.3 Å². The van der Waals surface area contributed by atoms with Crippen molar-refractivity contribution >= 4 is 23.3 Å². The van der Waals surface area contributed by atoms with Crippen LogP contribution in [0.1, 0.15) is 16.4 Å². The van der Waals surface area contributed by atoms with Crippen molar-refractivity contribution in [2.45, 2.75) is 6.04 Å². The Labute approximate surface area is 144 Å². The van der Waals surface area contributed by atoms with E-state index in [1.807, 2.05) is 0 Å². The highest BCUT2D eigenvalue weighted by molar-refractivity contribution is 6.30. The van der Waals surface area contributed by atoms with Gasteiger partial charge >= 0.3 is 0 Å². The largest absolute Gasteiger partial charge is 0.383 e. The number of methoxy groups -OCH3 is 1. The standard InChI is InChI=1S/C17H17ClN2O4/c1-24-10-9-19-17(23)15(16(22)12-5-3-2-4-6-12)20-11-13(18)7-8-14(20)21/h2-8,11,15H,9-10H2,1H3,(H,19,23). The first-order valence-corrected chi connectivity index (χ1v) is 7.66. The van der Waals surface area contributed by atoms with Crippen LogP contribution in [0.15, 0.2) is 53.5 Å². The third-order valence-electron chi connectivity index (χ3n) is 3.34. The van der Waals surface area contributed by atoms with E-state index >= 15 is 0 Å². The first-order chi connectivity index (χ1) is 11.5. The molecule has 6 nitrogen and oxygen atoms in total. The number of pyridine rings is 1. The Kier molecular flexibility index (Phi) is 6.28. The highest BCUT2D eigenvalue weighted by Gasteiger charge is 2.30. The SMILES string of the molecule is COCCNC(=O)C(C(=O)c1ccccc1)n1cc(Cl)ccc1=O. The molecule has 0 spiro atoms. The van der Waals surface area contributed by atoms with E-state index in [4.69, 9.17) is 16.3 Å². The van der Waals surface area contributed by atoms with Crippen LogP contribution in [-0.2, 0) is 9.53 Å². The zero-order valence-corrected chi connectivity index (χ0v) is 13.8. The van der Waals surface area contributed by atoms with E-state index in [-0.39, 0.29) is 11.6 Å². The molecule has 1 N–H and O–H groups in total. The van der Waals surface area contributed by atoms with Gasteiger partial charge in [0.2, 0.25) is 0 Å². The Bertz CT molecular complexity index is 774. The fourth-order valence-electron chi connectivity index (χ4n) is 2.18. The highest BCUT2D eigenvalue weighted by atomic mass is 35.5. The van der Waals surface area contributed by atoms with Crippen molar-refractivity contribution in [1.82, 2.24) is 9.88 Å². The van der Waals surface area contributed by atoms with Gasteiger partial charge in [0.1, 0.15) is 0 Å². The summed E-state index contributed by atoms with van der Waals surface area (Å²) in [6, 6.07) is 9.61. The molecule has 0 aliphatic rings. The van der Waals surface area contributed by atoms with Crippen LogP contribution in [-0.4, -0.2) is 36.5 Å². The van der Waals surface area contributed by atoms with E-state index in [0.717, 1.165) is 4.57 Å². The van der Waals surface area contributed by atoms with Crippen molar-refractivity contribution in [1.29, 1.82) is 0 Å². The number of aromatic nitrogens is 1. The fraction of sp³-hybridized carbons (Fsp3) is 0.235. The van der Waals surface area contributed by atoms with Crippen molar-refractivity contribution in [2.24, 2.45) is 0 Å². The number of carbonyl (C=O) groups excluding carboxylic acids is 2. The minimum atomic E-state index is -1.34. The molecule has 0 aliphatic heterocycles.